The van der Waals surface area contributed by atoms with Crippen LogP contribution in [0, 0.1) is 0 Å². The van der Waals surface area contributed by atoms with Gasteiger partial charge in [-0.15, -0.1) is 0 Å². The minimum absolute atomic E-state index is 0.0310. The first-order valence-electron chi connectivity index (χ1n) is 8.17. The number of benzene rings is 2. The van der Waals surface area contributed by atoms with E-state index in [0.29, 0.717) is 36.2 Å². The van der Waals surface area contributed by atoms with Crippen molar-refractivity contribution in [3.63, 3.8) is 0 Å². The molecule has 0 heterocycles. The van der Waals surface area contributed by atoms with E-state index in [1.54, 1.807) is 18.1 Å². The quantitative estimate of drug-likeness (QED) is 0.689. The van der Waals surface area contributed by atoms with Gasteiger partial charge in [0.05, 0.1) is 23.9 Å². The Morgan fingerprint density at radius 3 is 2.56 bits per heavy atom. The molecule has 2 aromatic rings. The van der Waals surface area contributed by atoms with E-state index < -0.39 is 0 Å². The van der Waals surface area contributed by atoms with Crippen LogP contribution in [0.5, 0.6) is 5.75 Å². The van der Waals surface area contributed by atoms with Gasteiger partial charge in [-0.25, -0.2) is 0 Å². The van der Waals surface area contributed by atoms with Gasteiger partial charge in [-0.1, -0.05) is 35.9 Å². The van der Waals surface area contributed by atoms with Crippen LogP contribution < -0.4 is 15.0 Å². The zero-order valence-corrected chi connectivity index (χ0v) is 15.3. The second-order valence-electron chi connectivity index (χ2n) is 5.28. The number of hydrogen-bond acceptors (Lipinski definition) is 4. The number of methoxy groups -OCH3 is 1. The number of ether oxygens (including phenoxy) is 2. The largest absolute Gasteiger partial charge is 0.487 e. The van der Waals surface area contributed by atoms with Gasteiger partial charge in [0.15, 0.2) is 5.75 Å². The summed E-state index contributed by atoms with van der Waals surface area (Å²) in [5.74, 6) is 0.494. The molecule has 0 aliphatic rings. The average Bonchev–Trinajstić information content (AvgIpc) is 2.63. The Morgan fingerprint density at radius 2 is 1.88 bits per heavy atom. The van der Waals surface area contributed by atoms with Crippen LogP contribution in [0.25, 0.3) is 0 Å². The van der Waals surface area contributed by atoms with Crippen molar-refractivity contribution in [2.24, 2.45) is 0 Å². The fourth-order valence-electron chi connectivity index (χ4n) is 2.40. The van der Waals surface area contributed by atoms with Crippen LogP contribution in [-0.2, 0) is 9.53 Å². The maximum absolute atomic E-state index is 12.6. The molecule has 0 atom stereocenters. The summed E-state index contributed by atoms with van der Waals surface area (Å²) in [4.78, 5) is 14.3. The number of para-hydroxylation sites is 2. The third-order valence-electron chi connectivity index (χ3n) is 3.62. The summed E-state index contributed by atoms with van der Waals surface area (Å²) in [5.41, 5.74) is 1.56. The Hall–Kier alpha value is -2.24. The van der Waals surface area contributed by atoms with Crippen LogP contribution in [-0.4, -0.2) is 39.3 Å². The lowest BCUT2D eigenvalue weighted by Gasteiger charge is -2.22. The first-order chi connectivity index (χ1) is 12.2. The summed E-state index contributed by atoms with van der Waals surface area (Å²) in [6.45, 7) is 3.53. The Morgan fingerprint density at radius 1 is 1.12 bits per heavy atom. The number of likely N-dealkylation sites (N-methyl/N-ethyl adjacent to an activating group) is 1. The Bertz CT molecular complexity index is 680. The molecular weight excluding hydrogens is 340 g/mol. The van der Waals surface area contributed by atoms with E-state index in [1.807, 2.05) is 49.4 Å². The van der Waals surface area contributed by atoms with Crippen LogP contribution in [0.4, 0.5) is 11.4 Å². The lowest BCUT2D eigenvalue weighted by molar-refractivity contribution is -0.116. The van der Waals surface area contributed by atoms with E-state index in [0.717, 1.165) is 5.69 Å². The van der Waals surface area contributed by atoms with Crippen molar-refractivity contribution in [3.8, 4) is 5.75 Å². The van der Waals surface area contributed by atoms with E-state index in [-0.39, 0.29) is 12.5 Å². The van der Waals surface area contributed by atoms with Gasteiger partial charge >= 0.3 is 0 Å². The second-order valence-corrected chi connectivity index (χ2v) is 5.69. The molecule has 6 heteroatoms. The van der Waals surface area contributed by atoms with Crippen molar-refractivity contribution in [1.29, 1.82) is 0 Å². The zero-order valence-electron chi connectivity index (χ0n) is 14.5. The standard InChI is InChI=1S/C19H23ClN2O3/c1-3-22(15-8-5-4-6-9-15)18(23)14-21-17-11-7-10-16(20)19(17)25-13-12-24-2/h4-11,21H,3,12-14H2,1-2H3. The number of halogens is 1. The molecule has 0 aromatic heterocycles. The third-order valence-corrected chi connectivity index (χ3v) is 3.91. The van der Waals surface area contributed by atoms with Crippen molar-refractivity contribution in [3.05, 3.63) is 53.6 Å². The number of amides is 1. The number of nitrogens with zero attached hydrogens (tertiary/aromatic N) is 1. The fourth-order valence-corrected chi connectivity index (χ4v) is 2.63. The summed E-state index contributed by atoms with van der Waals surface area (Å²) < 4.78 is 10.7. The highest BCUT2D eigenvalue weighted by molar-refractivity contribution is 6.32. The second kappa shape index (κ2) is 9.91. The molecule has 0 unspecified atom stereocenters. The van der Waals surface area contributed by atoms with Gasteiger partial charge in [0.25, 0.3) is 0 Å². The highest BCUT2D eigenvalue weighted by Gasteiger charge is 2.15. The van der Waals surface area contributed by atoms with Crippen LogP contribution in [0.1, 0.15) is 6.92 Å². The van der Waals surface area contributed by atoms with E-state index in [1.165, 1.54) is 0 Å². The molecule has 2 rings (SSSR count). The number of hydrogen-bond donors (Lipinski definition) is 1. The predicted octanol–water partition coefficient (Wildman–Crippen LogP) is 3.83. The molecule has 0 fully saturated rings. The molecule has 0 spiro atoms. The maximum atomic E-state index is 12.6. The fraction of sp³-hybridized carbons (Fsp3) is 0.316. The molecule has 2 aromatic carbocycles. The zero-order chi connectivity index (χ0) is 18.1. The molecule has 0 aliphatic heterocycles. The summed E-state index contributed by atoms with van der Waals surface area (Å²) in [5, 5.41) is 3.61. The molecule has 0 radical (unpaired) electrons. The summed E-state index contributed by atoms with van der Waals surface area (Å²) in [6.07, 6.45) is 0. The molecule has 0 saturated heterocycles. The minimum atomic E-state index is -0.0310. The molecule has 0 saturated carbocycles. The number of nitrogens with one attached hydrogen (secondary N) is 1. The monoisotopic (exact) mass is 362 g/mol. The van der Waals surface area contributed by atoms with Gasteiger partial charge in [-0.3, -0.25) is 4.79 Å². The Labute approximate surface area is 153 Å². The predicted molar refractivity (Wildman–Crippen MR) is 102 cm³/mol. The van der Waals surface area contributed by atoms with Crippen LogP contribution in [0.3, 0.4) is 0 Å². The Balaban J connectivity index is 2.05. The smallest absolute Gasteiger partial charge is 0.246 e. The molecule has 0 aliphatic carbocycles. The van der Waals surface area contributed by atoms with E-state index in [4.69, 9.17) is 21.1 Å². The number of anilines is 2. The molecule has 1 amide bonds. The summed E-state index contributed by atoms with van der Waals surface area (Å²) >= 11 is 6.21. The lowest BCUT2D eigenvalue weighted by atomic mass is 10.2. The van der Waals surface area contributed by atoms with Crippen molar-refractivity contribution in [2.45, 2.75) is 6.92 Å². The average molecular weight is 363 g/mol. The van der Waals surface area contributed by atoms with Gasteiger partial charge < -0.3 is 19.7 Å². The highest BCUT2D eigenvalue weighted by atomic mass is 35.5. The molecule has 25 heavy (non-hydrogen) atoms. The molecule has 5 nitrogen and oxygen atoms in total. The van der Waals surface area contributed by atoms with Crippen LogP contribution in [0.15, 0.2) is 48.5 Å². The summed E-state index contributed by atoms with van der Waals surface area (Å²) in [6, 6.07) is 15.0. The van der Waals surface area contributed by atoms with E-state index in [9.17, 15) is 4.79 Å². The number of carbonyl (C=O) groups is 1. The van der Waals surface area contributed by atoms with E-state index in [2.05, 4.69) is 5.32 Å². The normalized spacial score (nSPS) is 10.4. The van der Waals surface area contributed by atoms with Crippen molar-refractivity contribution in [1.82, 2.24) is 0 Å². The van der Waals surface area contributed by atoms with Crippen molar-refractivity contribution >= 4 is 28.9 Å². The van der Waals surface area contributed by atoms with E-state index >= 15 is 0 Å². The minimum Gasteiger partial charge on any atom is -0.487 e. The molecule has 1 N–H and O–H groups in total. The Kier molecular flexibility index (Phi) is 7.57. The maximum Gasteiger partial charge on any atom is 0.246 e. The third kappa shape index (κ3) is 5.37. The van der Waals surface area contributed by atoms with Gasteiger partial charge in [0.2, 0.25) is 5.91 Å². The first kappa shape index (κ1) is 19.1. The number of rotatable bonds is 9. The summed E-state index contributed by atoms with van der Waals surface area (Å²) in [7, 11) is 1.61. The van der Waals surface area contributed by atoms with Gasteiger partial charge in [0.1, 0.15) is 6.61 Å². The van der Waals surface area contributed by atoms with Gasteiger partial charge in [0, 0.05) is 19.3 Å². The SMILES string of the molecule is CCN(C(=O)CNc1cccc(Cl)c1OCCOC)c1ccccc1. The van der Waals surface area contributed by atoms with Gasteiger partial charge in [-0.2, -0.15) is 0 Å². The molecule has 134 valence electrons. The molecule has 0 bridgehead atoms. The van der Waals surface area contributed by atoms with Crippen LogP contribution in [0.2, 0.25) is 5.02 Å². The first-order valence-corrected chi connectivity index (χ1v) is 8.54. The molecular formula is C19H23ClN2O3. The van der Waals surface area contributed by atoms with Crippen molar-refractivity contribution in [2.75, 3.05) is 43.6 Å². The highest BCUT2D eigenvalue weighted by Crippen LogP contribution is 2.32. The number of carbonyl (C=O) groups excluding carboxylic acids is 1. The lowest BCUT2D eigenvalue weighted by Crippen LogP contribution is -2.35. The van der Waals surface area contributed by atoms with Gasteiger partial charge in [-0.05, 0) is 31.2 Å². The topological polar surface area (TPSA) is 50.8 Å². The van der Waals surface area contributed by atoms with Crippen LogP contribution >= 0.6 is 11.6 Å². The van der Waals surface area contributed by atoms with Crippen molar-refractivity contribution < 1.29 is 14.3 Å².